The summed E-state index contributed by atoms with van der Waals surface area (Å²) in [6.45, 7) is 0.448. The third kappa shape index (κ3) is 7.28. The molecule has 1 heterocycles. The van der Waals surface area contributed by atoms with Crippen LogP contribution < -0.4 is 24.4 Å². The average Bonchev–Trinajstić information content (AvgIpc) is 3.36. The van der Waals surface area contributed by atoms with Crippen molar-refractivity contribution in [3.05, 3.63) is 76.3 Å². The number of ether oxygens (including phenoxy) is 3. The second kappa shape index (κ2) is 12.8. The lowest BCUT2D eigenvalue weighted by molar-refractivity contribution is -0.138. The molecule has 220 valence electrons. The number of aliphatic carboxylic acids is 1. The predicted molar refractivity (Wildman–Crippen MR) is 148 cm³/mol. The zero-order valence-electron chi connectivity index (χ0n) is 22.4. The van der Waals surface area contributed by atoms with Crippen molar-refractivity contribution in [2.75, 3.05) is 37.6 Å². The van der Waals surface area contributed by atoms with Gasteiger partial charge in [0, 0.05) is 53.1 Å². The second-order valence-electron chi connectivity index (χ2n) is 9.45. The molecule has 2 atom stereocenters. The van der Waals surface area contributed by atoms with E-state index in [-0.39, 0.29) is 13.0 Å². The highest BCUT2D eigenvalue weighted by molar-refractivity contribution is 6.30. The van der Waals surface area contributed by atoms with Crippen molar-refractivity contribution < 1.29 is 42.4 Å². The lowest BCUT2D eigenvalue weighted by Gasteiger charge is -2.34. The molecule has 0 spiro atoms. The van der Waals surface area contributed by atoms with Crippen molar-refractivity contribution in [2.24, 2.45) is 0 Å². The summed E-state index contributed by atoms with van der Waals surface area (Å²) in [6, 6.07) is 12.5. The number of halogens is 4. The number of carboxylic acid groups (broad SMARTS) is 1. The number of aliphatic hydroxyl groups is 1. The molecule has 0 aliphatic carbocycles. The van der Waals surface area contributed by atoms with E-state index >= 15 is 0 Å². The molecule has 0 saturated carbocycles. The van der Waals surface area contributed by atoms with Crippen molar-refractivity contribution in [3.63, 3.8) is 0 Å². The first kappa shape index (κ1) is 30.1. The monoisotopic (exact) mass is 594 g/mol. The van der Waals surface area contributed by atoms with Crippen LogP contribution in [-0.4, -0.2) is 49.8 Å². The van der Waals surface area contributed by atoms with Crippen molar-refractivity contribution in [3.8, 4) is 17.2 Å². The molecule has 12 heteroatoms. The molecule has 0 aromatic heterocycles. The van der Waals surface area contributed by atoms with Crippen LogP contribution in [0.15, 0.2) is 54.6 Å². The standard InChI is InChI=1S/C29H30ClF3N2O6/c1-39-21-14-20(15-22(16-21)41-11-3-4-26(36)37)34-27(23-8-7-19(30)13-25(23)40-2)28(38)35-10-9-17-5-6-18(12-24(17)35)29(31,32)33/h5-8,12-16,27-28,34,38H,3-4,9-11H2,1-2H3,(H,36,37). The molecule has 0 saturated heterocycles. The van der Waals surface area contributed by atoms with E-state index < -0.39 is 30.0 Å². The van der Waals surface area contributed by atoms with Gasteiger partial charge in [-0.25, -0.2) is 0 Å². The summed E-state index contributed by atoms with van der Waals surface area (Å²) in [5.74, 6) is 0.266. The third-order valence-corrected chi connectivity index (χ3v) is 6.97. The number of rotatable bonds is 12. The van der Waals surface area contributed by atoms with Crippen molar-refractivity contribution in [2.45, 2.75) is 37.7 Å². The first-order valence-electron chi connectivity index (χ1n) is 12.8. The van der Waals surface area contributed by atoms with Gasteiger partial charge in [-0.15, -0.1) is 0 Å². The van der Waals surface area contributed by atoms with Crippen LogP contribution in [0.1, 0.15) is 35.6 Å². The van der Waals surface area contributed by atoms with E-state index in [4.69, 9.17) is 30.9 Å². The van der Waals surface area contributed by atoms with Gasteiger partial charge in [-0.2, -0.15) is 13.2 Å². The Bertz CT molecular complexity index is 1390. The summed E-state index contributed by atoms with van der Waals surface area (Å²) in [6.07, 6.45) is -5.16. The topological polar surface area (TPSA) is 100 Å². The Hall–Kier alpha value is -3.83. The van der Waals surface area contributed by atoms with Crippen LogP contribution in [0.2, 0.25) is 5.02 Å². The Labute approximate surface area is 240 Å². The minimum Gasteiger partial charge on any atom is -0.497 e. The van der Waals surface area contributed by atoms with Crippen LogP contribution in [0.25, 0.3) is 0 Å². The molecule has 0 bridgehead atoms. The fourth-order valence-corrected chi connectivity index (χ4v) is 4.90. The summed E-state index contributed by atoms with van der Waals surface area (Å²) in [5.41, 5.74) is 1.16. The van der Waals surface area contributed by atoms with Gasteiger partial charge in [0.2, 0.25) is 0 Å². The Morgan fingerprint density at radius 1 is 1.07 bits per heavy atom. The summed E-state index contributed by atoms with van der Waals surface area (Å²) in [4.78, 5) is 12.4. The van der Waals surface area contributed by atoms with Crippen molar-refractivity contribution >= 4 is 28.9 Å². The summed E-state index contributed by atoms with van der Waals surface area (Å²) in [5, 5.41) is 24.3. The van der Waals surface area contributed by atoms with Crippen molar-refractivity contribution in [1.82, 2.24) is 0 Å². The molecule has 3 aromatic rings. The van der Waals surface area contributed by atoms with Crippen molar-refractivity contribution in [1.29, 1.82) is 0 Å². The van der Waals surface area contributed by atoms with Gasteiger partial charge in [-0.05, 0) is 42.7 Å². The smallest absolute Gasteiger partial charge is 0.416 e. The molecule has 3 N–H and O–H groups in total. The lowest BCUT2D eigenvalue weighted by atomic mass is 10.0. The highest BCUT2D eigenvalue weighted by Gasteiger charge is 2.36. The number of alkyl halides is 3. The van der Waals surface area contributed by atoms with Gasteiger partial charge in [-0.3, -0.25) is 4.79 Å². The Morgan fingerprint density at radius 3 is 2.51 bits per heavy atom. The van der Waals surface area contributed by atoms with Gasteiger partial charge in [0.15, 0.2) is 6.23 Å². The normalized spacial score (nSPS) is 14.3. The van der Waals surface area contributed by atoms with Crippen LogP contribution in [-0.2, 0) is 17.4 Å². The van der Waals surface area contributed by atoms with Gasteiger partial charge in [0.25, 0.3) is 0 Å². The molecular formula is C29H30ClF3N2O6. The number of carboxylic acids is 1. The number of fused-ring (bicyclic) bond motifs is 1. The number of carbonyl (C=O) groups is 1. The van der Waals surface area contributed by atoms with Gasteiger partial charge >= 0.3 is 12.1 Å². The molecule has 8 nitrogen and oxygen atoms in total. The first-order valence-corrected chi connectivity index (χ1v) is 13.2. The maximum Gasteiger partial charge on any atom is 0.416 e. The maximum absolute atomic E-state index is 13.5. The Balaban J connectivity index is 1.71. The third-order valence-electron chi connectivity index (χ3n) is 6.73. The Kier molecular flexibility index (Phi) is 9.39. The predicted octanol–water partition coefficient (Wildman–Crippen LogP) is 6.15. The molecule has 41 heavy (non-hydrogen) atoms. The molecular weight excluding hydrogens is 565 g/mol. The quantitative estimate of drug-likeness (QED) is 0.215. The number of benzene rings is 3. The van der Waals surface area contributed by atoms with Crippen LogP contribution in [0.3, 0.4) is 0 Å². The van der Waals surface area contributed by atoms with E-state index in [1.807, 2.05) is 0 Å². The van der Waals surface area contributed by atoms with Gasteiger partial charge in [-0.1, -0.05) is 23.7 Å². The lowest BCUT2D eigenvalue weighted by Crippen LogP contribution is -2.41. The molecule has 0 radical (unpaired) electrons. The van der Waals surface area contributed by atoms with Gasteiger partial charge in [0.05, 0.1) is 26.4 Å². The van der Waals surface area contributed by atoms with Gasteiger partial charge in [0.1, 0.15) is 23.3 Å². The number of hydrogen-bond donors (Lipinski definition) is 3. The van der Waals surface area contributed by atoms with Crippen LogP contribution in [0.4, 0.5) is 24.5 Å². The highest BCUT2D eigenvalue weighted by atomic mass is 35.5. The molecule has 0 fully saturated rings. The minimum absolute atomic E-state index is 0.0485. The van der Waals surface area contributed by atoms with E-state index in [0.29, 0.717) is 64.2 Å². The maximum atomic E-state index is 13.5. The molecule has 3 aromatic carbocycles. The Morgan fingerprint density at radius 2 is 1.83 bits per heavy atom. The average molecular weight is 595 g/mol. The van der Waals surface area contributed by atoms with E-state index in [2.05, 4.69) is 5.32 Å². The van der Waals surface area contributed by atoms with Gasteiger partial charge < -0.3 is 34.6 Å². The van der Waals surface area contributed by atoms with E-state index in [1.54, 1.807) is 36.4 Å². The van der Waals surface area contributed by atoms with E-state index in [9.17, 15) is 23.1 Å². The largest absolute Gasteiger partial charge is 0.497 e. The van der Waals surface area contributed by atoms with E-state index in [0.717, 1.165) is 12.1 Å². The number of nitrogens with one attached hydrogen (secondary N) is 1. The number of anilines is 2. The molecule has 4 rings (SSSR count). The fourth-order valence-electron chi connectivity index (χ4n) is 4.74. The van der Waals surface area contributed by atoms with Crippen LogP contribution in [0, 0.1) is 0 Å². The number of nitrogens with zero attached hydrogens (tertiary/aromatic N) is 1. The molecule has 0 amide bonds. The fraction of sp³-hybridized carbons (Fsp3) is 0.345. The summed E-state index contributed by atoms with van der Waals surface area (Å²) < 4.78 is 57.2. The number of methoxy groups -OCH3 is 2. The summed E-state index contributed by atoms with van der Waals surface area (Å²) >= 11 is 6.18. The zero-order chi connectivity index (χ0) is 29.7. The minimum atomic E-state index is -4.53. The van der Waals surface area contributed by atoms with Crippen LogP contribution >= 0.6 is 11.6 Å². The highest BCUT2D eigenvalue weighted by Crippen LogP contribution is 2.41. The molecule has 1 aliphatic heterocycles. The molecule has 1 aliphatic rings. The summed E-state index contributed by atoms with van der Waals surface area (Å²) in [7, 11) is 2.93. The number of aliphatic hydroxyl groups excluding tert-OH is 1. The van der Waals surface area contributed by atoms with Crippen LogP contribution in [0.5, 0.6) is 17.2 Å². The first-order chi connectivity index (χ1) is 19.5. The zero-order valence-corrected chi connectivity index (χ0v) is 23.1. The molecule has 2 unspecified atom stereocenters. The second-order valence-corrected chi connectivity index (χ2v) is 9.89. The van der Waals surface area contributed by atoms with E-state index in [1.165, 1.54) is 25.2 Å². The number of hydrogen-bond acceptors (Lipinski definition) is 7. The SMILES string of the molecule is COc1cc(NC(c2ccc(Cl)cc2OC)C(O)N2CCc3ccc(C(F)(F)F)cc32)cc(OCCCC(=O)O)c1.